The van der Waals surface area contributed by atoms with Crippen LogP contribution >= 0.6 is 11.3 Å². The summed E-state index contributed by atoms with van der Waals surface area (Å²) in [5.74, 6) is 1.74. The van der Waals surface area contributed by atoms with Crippen LogP contribution in [0.1, 0.15) is 16.7 Å². The Morgan fingerprint density at radius 1 is 0.547 bits per heavy atom. The fourth-order valence-electron chi connectivity index (χ4n) is 9.39. The van der Waals surface area contributed by atoms with Gasteiger partial charge in [0.15, 0.2) is 5.82 Å². The van der Waals surface area contributed by atoms with Gasteiger partial charge in [-0.3, -0.25) is 0 Å². The summed E-state index contributed by atoms with van der Waals surface area (Å²) in [5.41, 5.74) is 10.00. The number of rotatable bonds is 2. The Morgan fingerprint density at radius 3 is 2.17 bits per heavy atom. The first-order valence-electron chi connectivity index (χ1n) is 18.2. The molecule has 2 aliphatic carbocycles. The number of allylic oxidation sites excluding steroid dienone is 2. The van der Waals surface area contributed by atoms with E-state index >= 15 is 0 Å². The lowest BCUT2D eigenvalue weighted by Crippen LogP contribution is -2.47. The molecule has 3 heterocycles. The molecule has 3 unspecified atom stereocenters. The zero-order valence-electron chi connectivity index (χ0n) is 28.5. The second-order valence-electron chi connectivity index (χ2n) is 14.4. The lowest BCUT2D eigenvalue weighted by Gasteiger charge is -2.47. The van der Waals surface area contributed by atoms with Crippen molar-refractivity contribution >= 4 is 53.2 Å². The molecule has 1 spiro atoms. The smallest absolute Gasteiger partial charge is 0.160 e. The fraction of sp³-hybridized carbons (Fsp3) is 0.0612. The molecule has 0 fully saturated rings. The van der Waals surface area contributed by atoms with Crippen molar-refractivity contribution in [3.8, 4) is 39.5 Å². The molecule has 0 radical (unpaired) electrons. The number of nitrogens with zero attached hydrogens (tertiary/aromatic N) is 2. The van der Waals surface area contributed by atoms with Gasteiger partial charge in [-0.2, -0.15) is 0 Å². The molecule has 0 N–H and O–H groups in total. The van der Waals surface area contributed by atoms with E-state index in [9.17, 15) is 0 Å². The highest BCUT2D eigenvalue weighted by Crippen LogP contribution is 2.62. The van der Waals surface area contributed by atoms with Gasteiger partial charge in [-0.1, -0.05) is 127 Å². The third-order valence-electron chi connectivity index (χ3n) is 11.7. The van der Waals surface area contributed by atoms with Crippen molar-refractivity contribution in [2.75, 3.05) is 0 Å². The molecule has 9 aromatic rings. The van der Waals surface area contributed by atoms with Crippen LogP contribution in [0, 0.1) is 5.92 Å². The van der Waals surface area contributed by atoms with Crippen molar-refractivity contribution in [1.82, 2.24) is 9.97 Å². The van der Waals surface area contributed by atoms with E-state index in [1.165, 1.54) is 54.1 Å². The van der Waals surface area contributed by atoms with Gasteiger partial charge in [0.2, 0.25) is 0 Å². The highest BCUT2D eigenvalue weighted by Gasteiger charge is 2.56. The summed E-state index contributed by atoms with van der Waals surface area (Å²) >= 11 is 1.78. The molecule has 0 saturated carbocycles. The Kier molecular flexibility index (Phi) is 5.98. The molecule has 1 aliphatic heterocycles. The fourth-order valence-corrected chi connectivity index (χ4v) is 10.5. The average Bonchev–Trinajstić information content (AvgIpc) is 3.73. The van der Waals surface area contributed by atoms with E-state index in [4.69, 9.17) is 14.7 Å². The van der Waals surface area contributed by atoms with Gasteiger partial charge >= 0.3 is 0 Å². The van der Waals surface area contributed by atoms with Crippen molar-refractivity contribution in [3.63, 3.8) is 0 Å². The Labute approximate surface area is 310 Å². The summed E-state index contributed by atoms with van der Waals surface area (Å²) in [6.07, 6.45) is 8.82. The van der Waals surface area contributed by atoms with Crippen LogP contribution in [0.5, 0.6) is 5.75 Å². The van der Waals surface area contributed by atoms with Crippen LogP contribution in [-0.4, -0.2) is 16.1 Å². The van der Waals surface area contributed by atoms with Crippen molar-refractivity contribution in [1.29, 1.82) is 0 Å². The van der Waals surface area contributed by atoms with E-state index in [2.05, 4.69) is 170 Å². The molecule has 4 heteroatoms. The van der Waals surface area contributed by atoms with Gasteiger partial charge in [0.1, 0.15) is 11.9 Å². The molecular weight excluding hydrogens is 665 g/mol. The predicted molar refractivity (Wildman–Crippen MR) is 219 cm³/mol. The van der Waals surface area contributed by atoms with Gasteiger partial charge in [0, 0.05) is 32.7 Å². The predicted octanol–water partition coefficient (Wildman–Crippen LogP) is 12.3. The van der Waals surface area contributed by atoms with Crippen molar-refractivity contribution < 1.29 is 4.74 Å². The lowest BCUT2D eigenvalue weighted by atomic mass is 9.60. The third-order valence-corrected chi connectivity index (χ3v) is 12.9. The monoisotopic (exact) mass is 694 g/mol. The van der Waals surface area contributed by atoms with E-state index in [0.717, 1.165) is 44.0 Å². The van der Waals surface area contributed by atoms with Crippen LogP contribution in [0.2, 0.25) is 0 Å². The van der Waals surface area contributed by atoms with Crippen molar-refractivity contribution in [2.24, 2.45) is 5.92 Å². The average molecular weight is 695 g/mol. The standard InChI is InChI=1S/C49H30N2OS/c1-2-12-30-25-34(22-21-29(30)11-1)48-50-45(47-46(51-48)36-15-5-10-20-44(36)53-47)33-23-24-35-37-26-31-13-3-4-14-32(31)27-41(37)49(40(35)28-33)38-16-6-8-18-42(38)52-43-19-9-7-17-39(43)49/h1-28,38,42H. The molecule has 3 aliphatic rings. The summed E-state index contributed by atoms with van der Waals surface area (Å²) < 4.78 is 9.11. The normalized spacial score (nSPS) is 19.4. The minimum atomic E-state index is -0.473. The topological polar surface area (TPSA) is 35.0 Å². The van der Waals surface area contributed by atoms with Crippen LogP contribution < -0.4 is 4.74 Å². The molecule has 3 atom stereocenters. The molecule has 12 rings (SSSR count). The molecule has 248 valence electrons. The lowest BCUT2D eigenvalue weighted by molar-refractivity contribution is 0.141. The minimum absolute atomic E-state index is 0.0571. The largest absolute Gasteiger partial charge is 0.485 e. The highest BCUT2D eigenvalue weighted by molar-refractivity contribution is 7.26. The summed E-state index contributed by atoms with van der Waals surface area (Å²) in [7, 11) is 0. The molecule has 2 aromatic heterocycles. The van der Waals surface area contributed by atoms with Crippen LogP contribution in [-0.2, 0) is 5.41 Å². The van der Waals surface area contributed by atoms with Gasteiger partial charge in [-0.25, -0.2) is 9.97 Å². The van der Waals surface area contributed by atoms with Gasteiger partial charge in [0.25, 0.3) is 0 Å². The highest BCUT2D eigenvalue weighted by atomic mass is 32.1. The first-order valence-corrected chi connectivity index (χ1v) is 19.0. The summed E-state index contributed by atoms with van der Waals surface area (Å²) in [6, 6.07) is 53.0. The number of hydrogen-bond acceptors (Lipinski definition) is 4. The second kappa shape index (κ2) is 10.8. The Bertz CT molecular complexity index is 3080. The van der Waals surface area contributed by atoms with Crippen molar-refractivity contribution in [3.05, 3.63) is 187 Å². The molecule has 0 saturated heterocycles. The number of ether oxygens (including phenoxy) is 1. The number of benzene rings is 7. The Morgan fingerprint density at radius 2 is 1.26 bits per heavy atom. The molecule has 3 nitrogen and oxygen atoms in total. The van der Waals surface area contributed by atoms with Crippen molar-refractivity contribution in [2.45, 2.75) is 11.5 Å². The zero-order valence-corrected chi connectivity index (χ0v) is 29.3. The van der Waals surface area contributed by atoms with Crippen LogP contribution in [0.25, 0.3) is 75.6 Å². The maximum Gasteiger partial charge on any atom is 0.160 e. The first kappa shape index (κ1) is 29.2. The molecular formula is C49H30N2OS. The van der Waals surface area contributed by atoms with E-state index < -0.39 is 5.41 Å². The van der Waals surface area contributed by atoms with Crippen LogP contribution in [0.3, 0.4) is 0 Å². The maximum absolute atomic E-state index is 6.78. The summed E-state index contributed by atoms with van der Waals surface area (Å²) in [5, 5.41) is 6.04. The SMILES string of the molecule is C1=CC2Oc3ccccc3C3(c4cc(-c5nc(-c6ccc7ccccc7c6)nc6c5sc5ccccc56)ccc4-c4cc5ccccc5cc43)C2C=C1. The van der Waals surface area contributed by atoms with E-state index in [-0.39, 0.29) is 12.0 Å². The molecule has 0 amide bonds. The van der Waals surface area contributed by atoms with Gasteiger partial charge in [0.05, 0.1) is 21.3 Å². The van der Waals surface area contributed by atoms with E-state index in [0.29, 0.717) is 0 Å². The second-order valence-corrected chi connectivity index (χ2v) is 15.5. The summed E-state index contributed by atoms with van der Waals surface area (Å²) in [4.78, 5) is 10.8. The number of para-hydroxylation sites is 1. The number of fused-ring (bicyclic) bond motifs is 14. The maximum atomic E-state index is 6.78. The Hall–Kier alpha value is -6.36. The quantitative estimate of drug-likeness (QED) is 0.181. The number of thiophene rings is 1. The van der Waals surface area contributed by atoms with E-state index in [1.54, 1.807) is 11.3 Å². The van der Waals surface area contributed by atoms with Gasteiger partial charge in [-0.15, -0.1) is 11.3 Å². The molecule has 0 bridgehead atoms. The van der Waals surface area contributed by atoms with E-state index in [1.807, 2.05) is 0 Å². The first-order chi connectivity index (χ1) is 26.2. The van der Waals surface area contributed by atoms with Crippen LogP contribution in [0.15, 0.2) is 170 Å². The number of hydrogen-bond donors (Lipinski definition) is 0. The van der Waals surface area contributed by atoms with Crippen LogP contribution in [0.4, 0.5) is 0 Å². The number of aromatic nitrogens is 2. The molecule has 53 heavy (non-hydrogen) atoms. The van der Waals surface area contributed by atoms with Gasteiger partial charge < -0.3 is 4.74 Å². The summed E-state index contributed by atoms with van der Waals surface area (Å²) in [6.45, 7) is 0. The molecule has 7 aromatic carbocycles. The Balaban J connectivity index is 1.17. The zero-order chi connectivity index (χ0) is 34.7. The van der Waals surface area contributed by atoms with Gasteiger partial charge in [-0.05, 0) is 86.3 Å². The third kappa shape index (κ3) is 4.04. The minimum Gasteiger partial charge on any atom is -0.485 e.